The minimum Gasteiger partial charge on any atom is -0.369 e. The van der Waals surface area contributed by atoms with Gasteiger partial charge < -0.3 is 25.4 Å². The van der Waals surface area contributed by atoms with Crippen molar-refractivity contribution in [3.63, 3.8) is 0 Å². The van der Waals surface area contributed by atoms with Gasteiger partial charge in [-0.1, -0.05) is 75.5 Å². The number of halogens is 1. The Morgan fingerprint density at radius 2 is 1.54 bits per heavy atom. The van der Waals surface area contributed by atoms with Crippen LogP contribution >= 0.6 is 0 Å². The van der Waals surface area contributed by atoms with Crippen molar-refractivity contribution in [2.75, 3.05) is 36.0 Å². The van der Waals surface area contributed by atoms with Crippen molar-refractivity contribution >= 4 is 22.8 Å². The number of nitrogens with one attached hydrogen (secondary N) is 3. The number of hydrogen-bond donors (Lipinski definition) is 3. The van der Waals surface area contributed by atoms with Crippen LogP contribution in [-0.4, -0.2) is 48.5 Å². The summed E-state index contributed by atoms with van der Waals surface area (Å²) < 4.78 is 15.4. The van der Waals surface area contributed by atoms with Gasteiger partial charge >= 0.3 is 0 Å². The van der Waals surface area contributed by atoms with Gasteiger partial charge in [-0.05, 0) is 111 Å². The maximum Gasteiger partial charge on any atom is 0.146 e. The molecule has 3 aromatic rings. The summed E-state index contributed by atoms with van der Waals surface area (Å²) in [4.78, 5) is 6.89. The maximum absolute atomic E-state index is 15.4. The number of nitrogens with zero attached hydrogens (tertiary/aromatic N) is 3. The molecule has 3 saturated heterocycles. The standard InChI is InChI=1S/C41H45FN6.C2H6/c1-28-8-14-36(29(2)45-28)33-11-15-40(37(42)26-33)47-23-18-34(19-24-47)46-21-16-31(17-22-46)30-9-12-35(13-10-30)48-25-20-38(43)41(48)27-39(44)32-6-4-3-5-7-32;1-2/h3-7,9-13,15,20,25-27,31,34,36,43-45H,1-2,8,14,16-19,21-24H2;1-2H3/b41-27+,43-38?,44-39?;. The first kappa shape index (κ1) is 35.1. The molecule has 0 aliphatic carbocycles. The first-order chi connectivity index (χ1) is 24.3. The molecule has 260 valence electrons. The molecule has 0 saturated carbocycles. The van der Waals surface area contributed by atoms with E-state index in [9.17, 15) is 0 Å². The molecule has 0 radical (unpaired) electrons. The molecule has 1 unspecified atom stereocenters. The lowest BCUT2D eigenvalue weighted by Gasteiger charge is -2.42. The monoisotopic (exact) mass is 670 g/mol. The fourth-order valence-corrected chi connectivity index (χ4v) is 7.87. The van der Waals surface area contributed by atoms with Crippen molar-refractivity contribution in [2.45, 2.75) is 70.3 Å². The quantitative estimate of drug-likeness (QED) is 0.219. The zero-order valence-electron chi connectivity index (χ0n) is 29.6. The molecule has 0 bridgehead atoms. The highest BCUT2D eigenvalue weighted by Crippen LogP contribution is 2.36. The smallest absolute Gasteiger partial charge is 0.146 e. The average molecular weight is 671 g/mol. The highest BCUT2D eigenvalue weighted by atomic mass is 19.1. The summed E-state index contributed by atoms with van der Waals surface area (Å²) in [6, 6.07) is 24.7. The third-order valence-corrected chi connectivity index (χ3v) is 10.7. The van der Waals surface area contributed by atoms with E-state index in [0.29, 0.717) is 29.1 Å². The van der Waals surface area contributed by atoms with Crippen LogP contribution in [0.25, 0.3) is 0 Å². The highest BCUT2D eigenvalue weighted by molar-refractivity contribution is 6.18. The number of likely N-dealkylation sites (tertiary alicyclic amines) is 1. The molecule has 1 atom stereocenters. The molecule has 0 aromatic heterocycles. The van der Waals surface area contributed by atoms with E-state index >= 15 is 4.39 Å². The lowest BCUT2D eigenvalue weighted by Crippen LogP contribution is -2.47. The van der Waals surface area contributed by atoms with Gasteiger partial charge in [0.25, 0.3) is 0 Å². The van der Waals surface area contributed by atoms with E-state index in [-0.39, 0.29) is 11.7 Å². The van der Waals surface area contributed by atoms with Crippen LogP contribution < -0.4 is 15.1 Å². The molecule has 3 N–H and O–H groups in total. The molecule has 3 aromatic carbocycles. The van der Waals surface area contributed by atoms with Crippen molar-refractivity contribution in [1.29, 1.82) is 10.8 Å². The van der Waals surface area contributed by atoms with E-state index in [1.165, 1.54) is 5.56 Å². The summed E-state index contributed by atoms with van der Waals surface area (Å²) in [5, 5.41) is 20.2. The first-order valence-electron chi connectivity index (χ1n) is 18.3. The Balaban J connectivity index is 0.00000212. The van der Waals surface area contributed by atoms with Gasteiger partial charge in [0, 0.05) is 48.3 Å². The first-order valence-corrected chi connectivity index (χ1v) is 18.3. The lowest BCUT2D eigenvalue weighted by molar-refractivity contribution is 0.131. The van der Waals surface area contributed by atoms with Crippen molar-refractivity contribution < 1.29 is 4.39 Å². The molecule has 4 aliphatic rings. The number of anilines is 2. The van der Waals surface area contributed by atoms with Crippen LogP contribution in [0.15, 0.2) is 121 Å². The number of piperidine rings is 3. The van der Waals surface area contributed by atoms with Crippen molar-refractivity contribution in [1.82, 2.24) is 10.2 Å². The van der Waals surface area contributed by atoms with E-state index in [4.69, 9.17) is 10.8 Å². The Hall–Kier alpha value is -4.75. The van der Waals surface area contributed by atoms with Crippen LogP contribution in [0.5, 0.6) is 0 Å². The zero-order valence-corrected chi connectivity index (χ0v) is 29.6. The fourth-order valence-electron chi connectivity index (χ4n) is 7.87. The second kappa shape index (κ2) is 15.9. The molecular weight excluding hydrogens is 620 g/mol. The van der Waals surface area contributed by atoms with Crippen LogP contribution in [0.3, 0.4) is 0 Å². The molecule has 7 rings (SSSR count). The molecule has 6 nitrogen and oxygen atoms in total. The summed E-state index contributed by atoms with van der Waals surface area (Å²) in [6.07, 6.45) is 11.7. The van der Waals surface area contributed by atoms with Gasteiger partial charge in [-0.25, -0.2) is 4.39 Å². The summed E-state index contributed by atoms with van der Waals surface area (Å²) >= 11 is 0. The van der Waals surface area contributed by atoms with E-state index in [0.717, 1.165) is 98.6 Å². The normalized spacial score (nSPS) is 21.3. The third kappa shape index (κ3) is 7.68. The Morgan fingerprint density at radius 3 is 2.20 bits per heavy atom. The Kier molecular flexibility index (Phi) is 11.1. The van der Waals surface area contributed by atoms with Crippen molar-refractivity contribution in [3.05, 3.63) is 144 Å². The predicted molar refractivity (Wildman–Crippen MR) is 207 cm³/mol. The van der Waals surface area contributed by atoms with E-state index in [1.54, 1.807) is 18.2 Å². The van der Waals surface area contributed by atoms with Gasteiger partial charge in [0.2, 0.25) is 0 Å². The highest BCUT2D eigenvalue weighted by Gasteiger charge is 2.30. The average Bonchev–Trinajstić information content (AvgIpc) is 3.52. The van der Waals surface area contributed by atoms with E-state index in [1.807, 2.05) is 61.3 Å². The van der Waals surface area contributed by atoms with E-state index < -0.39 is 0 Å². The molecule has 7 heteroatoms. The van der Waals surface area contributed by atoms with Crippen LogP contribution in [0.4, 0.5) is 15.8 Å². The second-order valence-electron chi connectivity index (χ2n) is 13.6. The molecule has 0 amide bonds. The van der Waals surface area contributed by atoms with E-state index in [2.05, 4.69) is 58.6 Å². The van der Waals surface area contributed by atoms with Crippen LogP contribution in [0.2, 0.25) is 0 Å². The van der Waals surface area contributed by atoms with Crippen LogP contribution in [0, 0.1) is 16.6 Å². The molecule has 0 spiro atoms. The molecule has 4 heterocycles. The van der Waals surface area contributed by atoms with Gasteiger partial charge in [-0.3, -0.25) is 5.41 Å². The van der Waals surface area contributed by atoms with Crippen LogP contribution in [0.1, 0.15) is 80.9 Å². The lowest BCUT2D eigenvalue weighted by atomic mass is 9.87. The Bertz CT molecular complexity index is 1760. The molecule has 3 fully saturated rings. The van der Waals surface area contributed by atoms with Gasteiger partial charge in [-0.15, -0.1) is 0 Å². The van der Waals surface area contributed by atoms with Gasteiger partial charge in [0.15, 0.2) is 0 Å². The topological polar surface area (TPSA) is 69.5 Å². The third-order valence-electron chi connectivity index (χ3n) is 10.7. The van der Waals surface area contributed by atoms with Crippen molar-refractivity contribution in [2.24, 2.45) is 0 Å². The van der Waals surface area contributed by atoms with Gasteiger partial charge in [0.1, 0.15) is 5.82 Å². The number of hydrogen-bond acceptors (Lipinski definition) is 6. The summed E-state index contributed by atoms with van der Waals surface area (Å²) in [6.45, 7) is 16.1. The minimum atomic E-state index is -0.132. The van der Waals surface area contributed by atoms with Gasteiger partial charge in [-0.2, -0.15) is 0 Å². The van der Waals surface area contributed by atoms with Gasteiger partial charge in [0.05, 0.1) is 22.8 Å². The van der Waals surface area contributed by atoms with Crippen molar-refractivity contribution in [3.8, 4) is 0 Å². The molecule has 50 heavy (non-hydrogen) atoms. The summed E-state index contributed by atoms with van der Waals surface area (Å²) in [5.74, 6) is 0.526. The predicted octanol–water partition coefficient (Wildman–Crippen LogP) is 9.50. The Labute approximate surface area is 297 Å². The SMILES string of the molecule is C=C1CCC(c2ccc(N3CCC(N4CCC(c5ccc(N6C=CC(=N)/C6=C\C(=N)c6ccccc6)cc5)CC4)CC3)c(F)c2)C(=C)N1.CC. The molecule has 4 aliphatic heterocycles. The summed E-state index contributed by atoms with van der Waals surface area (Å²) in [5.41, 5.74) is 8.32. The van der Waals surface area contributed by atoms with Crippen LogP contribution in [-0.2, 0) is 0 Å². The molecular formula is C43H51FN6. The summed E-state index contributed by atoms with van der Waals surface area (Å²) in [7, 11) is 0. The zero-order chi connectivity index (χ0) is 35.2. The number of rotatable bonds is 7. The minimum absolute atomic E-state index is 0.125. The number of allylic oxidation sites excluding steroid dienone is 4. The largest absolute Gasteiger partial charge is 0.369 e. The Morgan fingerprint density at radius 1 is 0.860 bits per heavy atom. The maximum atomic E-state index is 15.4. The number of benzene rings is 3. The fraction of sp³-hybridized carbons (Fsp3) is 0.349. The second-order valence-corrected chi connectivity index (χ2v) is 13.6.